The second-order valence-corrected chi connectivity index (χ2v) is 9.77. The van der Waals surface area contributed by atoms with Gasteiger partial charge < -0.3 is 10.2 Å². The Bertz CT molecular complexity index is 835. The van der Waals surface area contributed by atoms with Crippen LogP contribution in [0.5, 0.6) is 0 Å². The first-order valence-corrected chi connectivity index (χ1v) is 10.9. The molecule has 0 aliphatic heterocycles. The van der Waals surface area contributed by atoms with Crippen LogP contribution in [0.3, 0.4) is 0 Å². The summed E-state index contributed by atoms with van der Waals surface area (Å²) in [5, 5.41) is 9.14. The predicted molar refractivity (Wildman–Crippen MR) is 111 cm³/mol. The van der Waals surface area contributed by atoms with Crippen molar-refractivity contribution in [1.82, 2.24) is 0 Å². The highest BCUT2D eigenvalue weighted by atomic mass is 35.5. The third-order valence-electron chi connectivity index (χ3n) is 3.42. The van der Waals surface area contributed by atoms with E-state index in [1.807, 2.05) is 78.9 Å². The Hall–Kier alpha value is -1.51. The Morgan fingerprint density at radius 2 is 1.04 bits per heavy atom. The van der Waals surface area contributed by atoms with Crippen molar-refractivity contribution in [2.75, 3.05) is 10.2 Å². The van der Waals surface area contributed by atoms with Gasteiger partial charge in [-0.25, -0.2) is 0 Å². The number of hydrogen-bond donors (Lipinski definition) is 2. The first-order chi connectivity index (χ1) is 11.6. The normalized spacial score (nSPS) is 11.1. The van der Waals surface area contributed by atoms with Crippen LogP contribution < -0.4 is 15.5 Å². The van der Waals surface area contributed by atoms with E-state index in [9.17, 15) is 0 Å². The molecule has 0 amide bonds. The molecule has 24 heavy (non-hydrogen) atoms. The molecule has 0 fully saturated rings. The largest absolute Gasteiger partial charge is 0.338 e. The zero-order valence-electron chi connectivity index (χ0n) is 12.6. The number of benzene rings is 3. The van der Waals surface area contributed by atoms with Gasteiger partial charge in [-0.1, -0.05) is 77.8 Å². The van der Waals surface area contributed by atoms with Crippen LogP contribution in [0.1, 0.15) is 0 Å². The topological polar surface area (TPSA) is 24.1 Å². The lowest BCUT2D eigenvalue weighted by atomic mass is 10.3. The maximum atomic E-state index is 6.31. The molecule has 0 bridgehead atoms. The van der Waals surface area contributed by atoms with Crippen LogP contribution in [-0.2, 0) is 11.8 Å². The lowest BCUT2D eigenvalue weighted by Gasteiger charge is -2.28. The molecule has 3 aromatic rings. The molecule has 0 spiro atoms. The monoisotopic (exact) mass is 392 g/mol. The van der Waals surface area contributed by atoms with Crippen LogP contribution in [0, 0.1) is 0 Å². The van der Waals surface area contributed by atoms with Crippen LogP contribution in [0.4, 0.5) is 11.4 Å². The summed E-state index contributed by atoms with van der Waals surface area (Å²) < 4.78 is 0. The van der Waals surface area contributed by atoms with E-state index in [4.69, 9.17) is 35.0 Å². The fourth-order valence-corrected chi connectivity index (χ4v) is 5.67. The average Bonchev–Trinajstić information content (AvgIpc) is 2.60. The van der Waals surface area contributed by atoms with Gasteiger partial charge in [-0.3, -0.25) is 0 Å². The van der Waals surface area contributed by atoms with E-state index >= 15 is 0 Å². The van der Waals surface area contributed by atoms with Gasteiger partial charge in [0.2, 0.25) is 0 Å². The molecule has 122 valence electrons. The number of anilines is 2. The second kappa shape index (κ2) is 7.58. The van der Waals surface area contributed by atoms with E-state index in [-0.39, 0.29) is 0 Å². The predicted octanol–water partition coefficient (Wildman–Crippen LogP) is 6.15. The van der Waals surface area contributed by atoms with Crippen molar-refractivity contribution >= 4 is 58.0 Å². The molecule has 2 nitrogen and oxygen atoms in total. The molecule has 3 aromatic carbocycles. The summed E-state index contributed by atoms with van der Waals surface area (Å²) in [5.41, 5.74) is 1.59. The maximum Gasteiger partial charge on any atom is 0.148 e. The van der Waals surface area contributed by atoms with Crippen molar-refractivity contribution in [3.8, 4) is 0 Å². The van der Waals surface area contributed by atoms with Gasteiger partial charge in [0, 0.05) is 5.30 Å². The van der Waals surface area contributed by atoms with E-state index in [0.717, 1.165) is 16.7 Å². The van der Waals surface area contributed by atoms with Crippen molar-refractivity contribution in [2.45, 2.75) is 0 Å². The molecule has 6 heteroatoms. The summed E-state index contributed by atoms with van der Waals surface area (Å²) in [5.74, 6) is 0. The number of nitrogens with one attached hydrogen (secondary N) is 2. The van der Waals surface area contributed by atoms with E-state index in [1.54, 1.807) is 0 Å². The van der Waals surface area contributed by atoms with Crippen molar-refractivity contribution in [1.29, 1.82) is 0 Å². The van der Waals surface area contributed by atoms with E-state index in [2.05, 4.69) is 10.2 Å². The minimum Gasteiger partial charge on any atom is -0.338 e. The lowest BCUT2D eigenvalue weighted by Crippen LogP contribution is -2.18. The third-order valence-corrected chi connectivity index (χ3v) is 7.40. The molecule has 0 saturated carbocycles. The highest BCUT2D eigenvalue weighted by Gasteiger charge is 2.21. The molecule has 0 unspecified atom stereocenters. The standard InChI is InChI=1S/C18H15Cl2N2PS/c19-15-10-4-6-12-17(15)21-23(24,14-8-2-1-3-9-14)22-18-13-7-5-11-16(18)20/h1-13H,(H2,21,22,24). The molecule has 2 N–H and O–H groups in total. The third kappa shape index (κ3) is 3.93. The Labute approximate surface area is 156 Å². The van der Waals surface area contributed by atoms with Crippen molar-refractivity contribution in [3.63, 3.8) is 0 Å². The van der Waals surface area contributed by atoms with Gasteiger partial charge in [0.25, 0.3) is 0 Å². The smallest absolute Gasteiger partial charge is 0.148 e. The summed E-state index contributed by atoms with van der Waals surface area (Å²) >= 11 is 18.6. The second-order valence-electron chi connectivity index (χ2n) is 5.13. The minimum absolute atomic E-state index is 0.628. The molecule has 0 heterocycles. The fourth-order valence-electron chi connectivity index (χ4n) is 2.24. The average molecular weight is 393 g/mol. The van der Waals surface area contributed by atoms with Crippen LogP contribution in [0.25, 0.3) is 0 Å². The fraction of sp³-hybridized carbons (Fsp3) is 0. The molecule has 0 aliphatic carbocycles. The van der Waals surface area contributed by atoms with Crippen molar-refractivity contribution in [3.05, 3.63) is 88.9 Å². The van der Waals surface area contributed by atoms with Gasteiger partial charge in [0.15, 0.2) is 0 Å². The number of halogens is 2. The van der Waals surface area contributed by atoms with Gasteiger partial charge in [-0.05, 0) is 36.1 Å². The summed E-state index contributed by atoms with van der Waals surface area (Å²) in [7, 11) is 0. The maximum absolute atomic E-state index is 6.31. The van der Waals surface area contributed by atoms with Gasteiger partial charge in [-0.15, -0.1) is 0 Å². The van der Waals surface area contributed by atoms with E-state index < -0.39 is 6.34 Å². The zero-order chi connectivity index (χ0) is 17.0. The molecule has 0 aromatic heterocycles. The summed E-state index contributed by atoms with van der Waals surface area (Å²) in [6.45, 7) is 0. The first-order valence-electron chi connectivity index (χ1n) is 7.30. The highest BCUT2D eigenvalue weighted by Crippen LogP contribution is 2.47. The summed E-state index contributed by atoms with van der Waals surface area (Å²) in [6.07, 6.45) is -2.40. The van der Waals surface area contributed by atoms with E-state index in [1.165, 1.54) is 0 Å². The first kappa shape index (κ1) is 17.3. The number of hydrogen-bond acceptors (Lipinski definition) is 1. The Balaban J connectivity index is 2.03. The van der Waals surface area contributed by atoms with Gasteiger partial charge in [0.05, 0.1) is 21.4 Å². The number of rotatable bonds is 5. The van der Waals surface area contributed by atoms with Crippen molar-refractivity contribution in [2.24, 2.45) is 0 Å². The summed E-state index contributed by atoms with van der Waals surface area (Å²) in [6, 6.07) is 25.1. The number of para-hydroxylation sites is 2. The zero-order valence-corrected chi connectivity index (χ0v) is 15.8. The summed E-state index contributed by atoms with van der Waals surface area (Å²) in [4.78, 5) is 0. The molecule has 0 saturated heterocycles. The SMILES string of the molecule is S=P(Nc1ccccc1Cl)(Nc1ccccc1Cl)c1ccccc1. The van der Waals surface area contributed by atoms with Crippen LogP contribution in [-0.4, -0.2) is 0 Å². The molecule has 0 atom stereocenters. The molecular weight excluding hydrogens is 378 g/mol. The highest BCUT2D eigenvalue weighted by molar-refractivity contribution is 8.19. The van der Waals surface area contributed by atoms with Crippen LogP contribution >= 0.6 is 29.5 Å². The van der Waals surface area contributed by atoms with Gasteiger partial charge in [-0.2, -0.15) is 0 Å². The Morgan fingerprint density at radius 3 is 1.50 bits per heavy atom. The van der Waals surface area contributed by atoms with E-state index in [0.29, 0.717) is 10.0 Å². The minimum atomic E-state index is -2.40. The molecule has 0 aliphatic rings. The van der Waals surface area contributed by atoms with Crippen LogP contribution in [0.15, 0.2) is 78.9 Å². The molecule has 0 radical (unpaired) electrons. The van der Waals surface area contributed by atoms with Crippen molar-refractivity contribution < 1.29 is 0 Å². The molecular formula is C18H15Cl2N2PS. The van der Waals surface area contributed by atoms with Crippen LogP contribution in [0.2, 0.25) is 10.0 Å². The Kier molecular flexibility index (Phi) is 5.47. The van der Waals surface area contributed by atoms with Gasteiger partial charge >= 0.3 is 0 Å². The Morgan fingerprint density at radius 1 is 0.625 bits per heavy atom. The lowest BCUT2D eigenvalue weighted by molar-refractivity contribution is 1.63. The molecule has 3 rings (SSSR count). The van der Waals surface area contributed by atoms with Gasteiger partial charge in [0.1, 0.15) is 6.34 Å². The quantitative estimate of drug-likeness (QED) is 0.509.